The molecule has 1 heteroatoms. The monoisotopic (exact) mass is 292 g/mol. The highest BCUT2D eigenvalue weighted by Gasteiger charge is 2.35. The average molecular weight is 292 g/mol. The molecule has 108 valence electrons. The second-order valence-corrected chi connectivity index (χ2v) is 10.7. The van der Waals surface area contributed by atoms with Gasteiger partial charge in [-0.25, -0.2) is 0 Å². The van der Waals surface area contributed by atoms with Gasteiger partial charge in [0, 0.05) is 0 Å². The van der Waals surface area contributed by atoms with Crippen molar-refractivity contribution in [3.63, 3.8) is 0 Å². The van der Waals surface area contributed by atoms with Gasteiger partial charge in [-0.1, -0.05) is 97.4 Å². The SMILES string of the molecule is CCCC[Si](C)(C1=Cc2ccccc2C1)c1ccccc1. The van der Waals surface area contributed by atoms with E-state index in [0.29, 0.717) is 0 Å². The molecule has 21 heavy (non-hydrogen) atoms. The lowest BCUT2D eigenvalue weighted by Crippen LogP contribution is -2.46. The molecule has 1 atom stereocenters. The Morgan fingerprint density at radius 1 is 0.952 bits per heavy atom. The first-order valence-corrected chi connectivity index (χ1v) is 10.8. The van der Waals surface area contributed by atoms with Crippen molar-refractivity contribution in [3.05, 3.63) is 70.9 Å². The van der Waals surface area contributed by atoms with Gasteiger partial charge in [0.05, 0.1) is 0 Å². The van der Waals surface area contributed by atoms with E-state index >= 15 is 0 Å². The molecule has 3 rings (SSSR count). The number of fused-ring (bicyclic) bond motifs is 1. The van der Waals surface area contributed by atoms with Gasteiger partial charge in [-0.2, -0.15) is 0 Å². The van der Waals surface area contributed by atoms with Crippen LogP contribution in [-0.4, -0.2) is 8.07 Å². The Labute approximate surface area is 129 Å². The molecule has 2 aromatic carbocycles. The average Bonchev–Trinajstić information content (AvgIpc) is 2.98. The molecular weight excluding hydrogens is 268 g/mol. The molecular formula is C20H24Si. The van der Waals surface area contributed by atoms with Gasteiger partial charge in [0.15, 0.2) is 0 Å². The summed E-state index contributed by atoms with van der Waals surface area (Å²) in [6.45, 7) is 4.87. The smallest absolute Gasteiger partial charge is 0.0709 e. The van der Waals surface area contributed by atoms with Crippen LogP contribution >= 0.6 is 0 Å². The minimum Gasteiger partial charge on any atom is -0.0709 e. The lowest BCUT2D eigenvalue weighted by Gasteiger charge is -2.30. The van der Waals surface area contributed by atoms with Gasteiger partial charge in [-0.3, -0.25) is 0 Å². The summed E-state index contributed by atoms with van der Waals surface area (Å²) in [5, 5.41) is 3.31. The molecule has 0 aliphatic heterocycles. The van der Waals surface area contributed by atoms with Gasteiger partial charge in [0.2, 0.25) is 0 Å². The summed E-state index contributed by atoms with van der Waals surface area (Å²) in [7, 11) is -1.55. The first-order valence-electron chi connectivity index (χ1n) is 8.08. The molecule has 1 unspecified atom stereocenters. The van der Waals surface area contributed by atoms with Gasteiger partial charge < -0.3 is 0 Å². The third-order valence-electron chi connectivity index (χ3n) is 4.92. The highest BCUT2D eigenvalue weighted by Crippen LogP contribution is 2.33. The Hall–Kier alpha value is -1.60. The number of unbranched alkanes of at least 4 members (excludes halogenated alkanes) is 1. The highest BCUT2D eigenvalue weighted by atomic mass is 28.3. The summed E-state index contributed by atoms with van der Waals surface area (Å²) in [5.41, 5.74) is 2.96. The van der Waals surface area contributed by atoms with Crippen LogP contribution in [0.5, 0.6) is 0 Å². The van der Waals surface area contributed by atoms with Crippen molar-refractivity contribution in [2.75, 3.05) is 0 Å². The van der Waals surface area contributed by atoms with Crippen LogP contribution in [0.3, 0.4) is 0 Å². The fourth-order valence-electron chi connectivity index (χ4n) is 3.46. The maximum atomic E-state index is 2.57. The molecule has 0 saturated heterocycles. The Morgan fingerprint density at radius 2 is 1.67 bits per heavy atom. The van der Waals surface area contributed by atoms with Crippen LogP contribution in [-0.2, 0) is 6.42 Å². The van der Waals surface area contributed by atoms with Gasteiger partial charge >= 0.3 is 0 Å². The fraction of sp³-hybridized carbons (Fsp3) is 0.300. The molecule has 0 N–H and O–H groups in total. The van der Waals surface area contributed by atoms with Crippen molar-refractivity contribution in [2.24, 2.45) is 0 Å². The van der Waals surface area contributed by atoms with Gasteiger partial charge in [-0.05, 0) is 23.6 Å². The second-order valence-electron chi connectivity index (χ2n) is 6.35. The zero-order chi connectivity index (χ0) is 14.7. The summed E-state index contributed by atoms with van der Waals surface area (Å²) in [6, 6.07) is 21.5. The lowest BCUT2D eigenvalue weighted by molar-refractivity contribution is 0.870. The predicted octanol–water partition coefficient (Wildman–Crippen LogP) is 4.95. The van der Waals surface area contributed by atoms with Gasteiger partial charge in [0.1, 0.15) is 8.07 Å². The largest absolute Gasteiger partial charge is 0.111 e. The molecule has 0 fully saturated rings. The molecule has 0 radical (unpaired) electrons. The van der Waals surface area contributed by atoms with Crippen LogP contribution in [0.15, 0.2) is 59.8 Å². The van der Waals surface area contributed by atoms with E-state index in [2.05, 4.69) is 74.1 Å². The van der Waals surface area contributed by atoms with Crippen molar-refractivity contribution in [2.45, 2.75) is 38.8 Å². The van der Waals surface area contributed by atoms with E-state index in [1.807, 2.05) is 0 Å². The van der Waals surface area contributed by atoms with Crippen molar-refractivity contribution < 1.29 is 0 Å². The Bertz CT molecular complexity index is 642. The summed E-state index contributed by atoms with van der Waals surface area (Å²) < 4.78 is 0. The molecule has 2 aromatic rings. The molecule has 0 nitrogen and oxygen atoms in total. The van der Waals surface area contributed by atoms with Crippen molar-refractivity contribution in [1.29, 1.82) is 0 Å². The van der Waals surface area contributed by atoms with E-state index in [0.717, 1.165) is 6.42 Å². The lowest BCUT2D eigenvalue weighted by atomic mass is 10.1. The molecule has 0 heterocycles. The van der Waals surface area contributed by atoms with Crippen LogP contribution in [0, 0.1) is 0 Å². The Morgan fingerprint density at radius 3 is 2.38 bits per heavy atom. The summed E-state index contributed by atoms with van der Waals surface area (Å²) >= 11 is 0. The van der Waals surface area contributed by atoms with Crippen LogP contribution < -0.4 is 5.19 Å². The van der Waals surface area contributed by atoms with E-state index in [1.165, 1.54) is 30.0 Å². The summed E-state index contributed by atoms with van der Waals surface area (Å²) in [5.74, 6) is 0. The maximum absolute atomic E-state index is 2.57. The van der Waals surface area contributed by atoms with E-state index in [9.17, 15) is 0 Å². The third kappa shape index (κ3) is 2.75. The van der Waals surface area contributed by atoms with Crippen LogP contribution in [0.2, 0.25) is 12.6 Å². The van der Waals surface area contributed by atoms with Crippen LogP contribution in [0.4, 0.5) is 0 Å². The fourth-order valence-corrected chi connectivity index (χ4v) is 7.48. The highest BCUT2D eigenvalue weighted by molar-refractivity contribution is 6.97. The van der Waals surface area contributed by atoms with E-state index in [1.54, 1.807) is 10.4 Å². The quantitative estimate of drug-likeness (QED) is 0.684. The number of hydrogen-bond donors (Lipinski definition) is 0. The van der Waals surface area contributed by atoms with E-state index in [-0.39, 0.29) is 0 Å². The van der Waals surface area contributed by atoms with Crippen molar-refractivity contribution in [3.8, 4) is 0 Å². The Balaban J connectivity index is 1.98. The third-order valence-corrected chi connectivity index (χ3v) is 9.62. The first-order chi connectivity index (χ1) is 10.2. The molecule has 0 amide bonds. The molecule has 1 aliphatic rings. The molecule has 0 saturated carbocycles. The maximum Gasteiger partial charge on any atom is 0.111 e. The minimum absolute atomic E-state index is 1.16. The Kier molecular flexibility index (Phi) is 4.11. The zero-order valence-corrected chi connectivity index (χ0v) is 14.1. The van der Waals surface area contributed by atoms with Gasteiger partial charge in [0.25, 0.3) is 0 Å². The number of allylic oxidation sites excluding steroid dienone is 1. The minimum atomic E-state index is -1.55. The summed E-state index contributed by atoms with van der Waals surface area (Å²) in [4.78, 5) is 0. The van der Waals surface area contributed by atoms with E-state index < -0.39 is 8.07 Å². The zero-order valence-electron chi connectivity index (χ0n) is 13.1. The standard InChI is InChI=1S/C20H24Si/c1-3-4-14-21(2,19-12-6-5-7-13-19)20-15-17-10-8-9-11-18(17)16-20/h5-13,15H,3-4,14,16H2,1-2H3. The van der Waals surface area contributed by atoms with Crippen molar-refractivity contribution >= 4 is 19.3 Å². The second kappa shape index (κ2) is 6.03. The topological polar surface area (TPSA) is 0 Å². The molecule has 1 aliphatic carbocycles. The van der Waals surface area contributed by atoms with E-state index in [4.69, 9.17) is 0 Å². The normalized spacial score (nSPS) is 16.2. The number of benzene rings is 2. The van der Waals surface area contributed by atoms with Crippen molar-refractivity contribution in [1.82, 2.24) is 0 Å². The molecule has 0 bridgehead atoms. The predicted molar refractivity (Wildman–Crippen MR) is 95.5 cm³/mol. The summed E-state index contributed by atoms with van der Waals surface area (Å²) in [6.07, 6.45) is 6.28. The van der Waals surface area contributed by atoms with Gasteiger partial charge in [-0.15, -0.1) is 0 Å². The number of hydrogen-bond acceptors (Lipinski definition) is 0. The molecule has 0 aromatic heterocycles. The van der Waals surface area contributed by atoms with Crippen LogP contribution in [0.1, 0.15) is 30.9 Å². The number of rotatable bonds is 5. The molecule has 0 spiro atoms. The first kappa shape index (κ1) is 14.3. The van der Waals surface area contributed by atoms with Crippen LogP contribution in [0.25, 0.3) is 6.08 Å².